The third kappa shape index (κ3) is 3.67. The molecular formula is C14H18FNO3. The summed E-state index contributed by atoms with van der Waals surface area (Å²) in [6.07, 6.45) is 1.91. The number of carbonyl (C=O) groups excluding carboxylic acids is 1. The van der Waals surface area contributed by atoms with Crippen LogP contribution in [0.25, 0.3) is 0 Å². The number of hydrogen-bond acceptors (Lipinski definition) is 3. The van der Waals surface area contributed by atoms with Gasteiger partial charge in [0.25, 0.3) is 5.91 Å². The molecule has 19 heavy (non-hydrogen) atoms. The molecule has 5 heteroatoms. The lowest BCUT2D eigenvalue weighted by Gasteiger charge is -2.22. The highest BCUT2D eigenvalue weighted by atomic mass is 19.1. The van der Waals surface area contributed by atoms with Crippen LogP contribution in [-0.2, 0) is 4.74 Å². The lowest BCUT2D eigenvalue weighted by molar-refractivity contribution is 0.0642. The Morgan fingerprint density at radius 3 is 2.84 bits per heavy atom. The van der Waals surface area contributed by atoms with Crippen molar-refractivity contribution in [3.05, 3.63) is 29.6 Å². The van der Waals surface area contributed by atoms with Gasteiger partial charge in [0.1, 0.15) is 0 Å². The van der Waals surface area contributed by atoms with E-state index in [9.17, 15) is 9.18 Å². The molecule has 0 radical (unpaired) electrons. The van der Waals surface area contributed by atoms with E-state index < -0.39 is 5.82 Å². The van der Waals surface area contributed by atoms with Crippen LogP contribution in [0, 0.1) is 11.7 Å². The first-order valence-electron chi connectivity index (χ1n) is 6.40. The lowest BCUT2D eigenvalue weighted by Crippen LogP contribution is -2.32. The Bertz CT molecular complexity index is 444. The van der Waals surface area contributed by atoms with Gasteiger partial charge in [-0.25, -0.2) is 4.39 Å². The average Bonchev–Trinajstić information content (AvgIpc) is 2.45. The third-order valence-corrected chi connectivity index (χ3v) is 3.31. The highest BCUT2D eigenvalue weighted by Gasteiger charge is 2.16. The number of rotatable bonds is 4. The van der Waals surface area contributed by atoms with E-state index in [1.54, 1.807) is 6.07 Å². The molecule has 0 aliphatic carbocycles. The van der Waals surface area contributed by atoms with Crippen LogP contribution in [0.5, 0.6) is 5.75 Å². The molecule has 1 aromatic carbocycles. The molecule has 1 aliphatic rings. The second-order valence-electron chi connectivity index (χ2n) is 4.62. The van der Waals surface area contributed by atoms with Crippen LogP contribution in [0.2, 0.25) is 0 Å². The molecule has 0 atom stereocenters. The highest BCUT2D eigenvalue weighted by Crippen LogP contribution is 2.18. The summed E-state index contributed by atoms with van der Waals surface area (Å²) in [7, 11) is 1.39. The molecule has 2 rings (SSSR count). The molecule has 0 aromatic heterocycles. The minimum atomic E-state index is -0.527. The Morgan fingerprint density at radius 1 is 1.47 bits per heavy atom. The minimum absolute atomic E-state index is 0.140. The summed E-state index contributed by atoms with van der Waals surface area (Å²) >= 11 is 0. The minimum Gasteiger partial charge on any atom is -0.494 e. The zero-order valence-corrected chi connectivity index (χ0v) is 10.9. The van der Waals surface area contributed by atoms with E-state index in [1.165, 1.54) is 19.2 Å². The summed E-state index contributed by atoms with van der Waals surface area (Å²) in [5, 5.41) is 2.83. The molecule has 0 unspecified atom stereocenters. The van der Waals surface area contributed by atoms with E-state index in [-0.39, 0.29) is 11.7 Å². The van der Waals surface area contributed by atoms with Gasteiger partial charge in [0.15, 0.2) is 11.6 Å². The predicted octanol–water partition coefficient (Wildman–Crippen LogP) is 1.99. The van der Waals surface area contributed by atoms with Gasteiger partial charge in [0, 0.05) is 25.3 Å². The van der Waals surface area contributed by atoms with E-state index in [0.29, 0.717) is 18.0 Å². The Kier molecular flexibility index (Phi) is 4.74. The Hall–Kier alpha value is -1.62. The van der Waals surface area contributed by atoms with Crippen molar-refractivity contribution in [1.82, 2.24) is 5.32 Å². The Morgan fingerprint density at radius 2 is 2.21 bits per heavy atom. The fourth-order valence-electron chi connectivity index (χ4n) is 2.10. The summed E-state index contributed by atoms with van der Waals surface area (Å²) in [4.78, 5) is 11.9. The van der Waals surface area contributed by atoms with Crippen LogP contribution in [0.3, 0.4) is 0 Å². The second kappa shape index (κ2) is 6.52. The van der Waals surface area contributed by atoms with Crippen LogP contribution in [0.4, 0.5) is 4.39 Å². The number of hydrogen-bond donors (Lipinski definition) is 1. The summed E-state index contributed by atoms with van der Waals surface area (Å²) in [6.45, 7) is 2.10. The summed E-state index contributed by atoms with van der Waals surface area (Å²) in [5.74, 6) is -0.198. The van der Waals surface area contributed by atoms with Crippen molar-refractivity contribution in [2.45, 2.75) is 12.8 Å². The molecule has 1 fully saturated rings. The molecular weight excluding hydrogens is 249 g/mol. The standard InChI is InChI=1S/C14H18FNO3/c1-18-13-3-2-11(8-12(13)15)14(17)16-9-10-4-6-19-7-5-10/h2-3,8,10H,4-7,9H2,1H3,(H,16,17). The van der Waals surface area contributed by atoms with E-state index in [1.807, 2.05) is 0 Å². The van der Waals surface area contributed by atoms with Crippen molar-refractivity contribution in [2.24, 2.45) is 5.92 Å². The zero-order chi connectivity index (χ0) is 13.7. The fourth-order valence-corrected chi connectivity index (χ4v) is 2.10. The Balaban J connectivity index is 1.90. The largest absolute Gasteiger partial charge is 0.494 e. The van der Waals surface area contributed by atoms with Gasteiger partial charge in [-0.05, 0) is 37.0 Å². The molecule has 1 aliphatic heterocycles. The maximum absolute atomic E-state index is 13.5. The van der Waals surface area contributed by atoms with Gasteiger partial charge >= 0.3 is 0 Å². The van der Waals surface area contributed by atoms with Gasteiger partial charge in [0.05, 0.1) is 7.11 Å². The Labute approximate surface area is 111 Å². The van der Waals surface area contributed by atoms with Crippen LogP contribution in [0.1, 0.15) is 23.2 Å². The van der Waals surface area contributed by atoms with E-state index in [0.717, 1.165) is 26.1 Å². The number of halogens is 1. The fraction of sp³-hybridized carbons (Fsp3) is 0.500. The van der Waals surface area contributed by atoms with Gasteiger partial charge < -0.3 is 14.8 Å². The zero-order valence-electron chi connectivity index (χ0n) is 10.9. The monoisotopic (exact) mass is 267 g/mol. The van der Waals surface area contributed by atoms with E-state index in [2.05, 4.69) is 5.32 Å². The van der Waals surface area contributed by atoms with Crippen molar-refractivity contribution >= 4 is 5.91 Å². The summed E-state index contributed by atoms with van der Waals surface area (Å²) in [6, 6.07) is 4.21. The number of ether oxygens (including phenoxy) is 2. The molecule has 1 heterocycles. The molecule has 4 nitrogen and oxygen atoms in total. The first-order chi connectivity index (χ1) is 9.20. The molecule has 0 saturated carbocycles. The molecule has 0 spiro atoms. The quantitative estimate of drug-likeness (QED) is 0.907. The van der Waals surface area contributed by atoms with Crippen molar-refractivity contribution < 1.29 is 18.7 Å². The van der Waals surface area contributed by atoms with Crippen molar-refractivity contribution in [2.75, 3.05) is 26.9 Å². The van der Waals surface area contributed by atoms with Crippen molar-refractivity contribution in [3.63, 3.8) is 0 Å². The van der Waals surface area contributed by atoms with Crippen molar-refractivity contribution in [3.8, 4) is 5.75 Å². The predicted molar refractivity (Wildman–Crippen MR) is 68.8 cm³/mol. The smallest absolute Gasteiger partial charge is 0.251 e. The first kappa shape index (κ1) is 13.8. The van der Waals surface area contributed by atoms with E-state index in [4.69, 9.17) is 9.47 Å². The number of nitrogens with one attached hydrogen (secondary N) is 1. The number of amides is 1. The third-order valence-electron chi connectivity index (χ3n) is 3.31. The molecule has 1 aromatic rings. The number of carbonyl (C=O) groups is 1. The number of methoxy groups -OCH3 is 1. The maximum Gasteiger partial charge on any atom is 0.251 e. The molecule has 1 saturated heterocycles. The SMILES string of the molecule is COc1ccc(C(=O)NCC2CCOCC2)cc1F. The van der Waals surface area contributed by atoms with Crippen LogP contribution >= 0.6 is 0 Å². The van der Waals surface area contributed by atoms with E-state index >= 15 is 0 Å². The van der Waals surface area contributed by atoms with Gasteiger partial charge in [-0.3, -0.25) is 4.79 Å². The van der Waals surface area contributed by atoms with Crippen LogP contribution in [-0.4, -0.2) is 32.8 Å². The van der Waals surface area contributed by atoms with Gasteiger partial charge in [0.2, 0.25) is 0 Å². The molecule has 1 amide bonds. The molecule has 1 N–H and O–H groups in total. The maximum atomic E-state index is 13.5. The lowest BCUT2D eigenvalue weighted by atomic mass is 10.0. The normalized spacial score (nSPS) is 16.1. The molecule has 0 bridgehead atoms. The second-order valence-corrected chi connectivity index (χ2v) is 4.62. The van der Waals surface area contributed by atoms with Crippen molar-refractivity contribution in [1.29, 1.82) is 0 Å². The van der Waals surface area contributed by atoms with Gasteiger partial charge in [-0.1, -0.05) is 0 Å². The van der Waals surface area contributed by atoms with Gasteiger partial charge in [-0.2, -0.15) is 0 Å². The summed E-state index contributed by atoms with van der Waals surface area (Å²) < 4.78 is 23.6. The average molecular weight is 267 g/mol. The topological polar surface area (TPSA) is 47.6 Å². The first-order valence-corrected chi connectivity index (χ1v) is 6.40. The van der Waals surface area contributed by atoms with Crippen LogP contribution < -0.4 is 10.1 Å². The number of benzene rings is 1. The highest BCUT2D eigenvalue weighted by molar-refractivity contribution is 5.94. The van der Waals surface area contributed by atoms with Crippen LogP contribution in [0.15, 0.2) is 18.2 Å². The molecule has 104 valence electrons. The van der Waals surface area contributed by atoms with Gasteiger partial charge in [-0.15, -0.1) is 0 Å². The summed E-state index contributed by atoms with van der Waals surface area (Å²) in [5.41, 5.74) is 0.311.